The van der Waals surface area contributed by atoms with Gasteiger partial charge in [-0.3, -0.25) is 4.55 Å². The third-order valence-corrected chi connectivity index (χ3v) is 5.20. The van der Waals surface area contributed by atoms with E-state index in [0.717, 1.165) is 24.6 Å². The van der Waals surface area contributed by atoms with Gasteiger partial charge in [-0.2, -0.15) is 8.42 Å². The van der Waals surface area contributed by atoms with Gasteiger partial charge in [0.05, 0.1) is 4.90 Å². The van der Waals surface area contributed by atoms with Gasteiger partial charge in [-0.1, -0.05) is 15.9 Å². The summed E-state index contributed by atoms with van der Waals surface area (Å²) in [5, 5.41) is 1.82. The Hall–Kier alpha value is -0.950. The summed E-state index contributed by atoms with van der Waals surface area (Å²) in [6.07, 6.45) is 0. The van der Waals surface area contributed by atoms with Crippen molar-refractivity contribution in [3.8, 4) is 0 Å². The first-order valence-corrected chi connectivity index (χ1v) is 8.09. The molecule has 1 N–H and O–H groups in total. The summed E-state index contributed by atoms with van der Waals surface area (Å²) in [6, 6.07) is 10.5. The third kappa shape index (κ3) is 1.95. The molecule has 0 aliphatic carbocycles. The minimum atomic E-state index is -4.16. The molecule has 0 fully saturated rings. The van der Waals surface area contributed by atoms with Crippen LogP contribution in [0.1, 0.15) is 0 Å². The Morgan fingerprint density at radius 1 is 1.00 bits per heavy atom. The van der Waals surface area contributed by atoms with E-state index in [1.807, 2.05) is 18.2 Å². The molecule has 0 aliphatic heterocycles. The molecular formula is C12H7BrO3S2. The zero-order valence-corrected chi connectivity index (χ0v) is 12.1. The predicted octanol–water partition coefficient (Wildman–Crippen LogP) is 4.06. The fourth-order valence-electron chi connectivity index (χ4n) is 1.89. The maximum absolute atomic E-state index is 11.2. The molecule has 2 aromatic carbocycles. The monoisotopic (exact) mass is 342 g/mol. The number of benzene rings is 2. The highest BCUT2D eigenvalue weighted by atomic mass is 79.9. The average Bonchev–Trinajstić information content (AvgIpc) is 2.65. The summed E-state index contributed by atoms with van der Waals surface area (Å²) in [7, 11) is -4.16. The van der Waals surface area contributed by atoms with E-state index in [1.54, 1.807) is 17.4 Å². The molecule has 18 heavy (non-hydrogen) atoms. The highest BCUT2D eigenvalue weighted by molar-refractivity contribution is 9.10. The van der Waals surface area contributed by atoms with E-state index >= 15 is 0 Å². The van der Waals surface area contributed by atoms with Crippen LogP contribution in [0, 0.1) is 0 Å². The van der Waals surface area contributed by atoms with E-state index in [-0.39, 0.29) is 4.90 Å². The van der Waals surface area contributed by atoms with Crippen LogP contribution in [-0.4, -0.2) is 13.0 Å². The van der Waals surface area contributed by atoms with Crippen molar-refractivity contribution in [2.24, 2.45) is 0 Å². The van der Waals surface area contributed by atoms with Gasteiger partial charge < -0.3 is 0 Å². The van der Waals surface area contributed by atoms with Gasteiger partial charge >= 0.3 is 0 Å². The van der Waals surface area contributed by atoms with E-state index in [4.69, 9.17) is 4.55 Å². The van der Waals surface area contributed by atoms with Gasteiger partial charge in [-0.05, 0) is 36.4 Å². The topological polar surface area (TPSA) is 54.4 Å². The second-order valence-corrected chi connectivity index (χ2v) is 7.30. The van der Waals surface area contributed by atoms with Gasteiger partial charge in [-0.15, -0.1) is 11.3 Å². The number of fused-ring (bicyclic) bond motifs is 3. The number of halogens is 1. The Morgan fingerprint density at radius 3 is 2.28 bits per heavy atom. The summed E-state index contributed by atoms with van der Waals surface area (Å²) >= 11 is 4.99. The van der Waals surface area contributed by atoms with Crippen LogP contribution >= 0.6 is 27.3 Å². The molecule has 0 amide bonds. The summed E-state index contributed by atoms with van der Waals surface area (Å²) in [5.74, 6) is 0. The number of rotatable bonds is 1. The average molecular weight is 343 g/mol. The Labute approximate surface area is 116 Å². The second kappa shape index (κ2) is 4.03. The molecule has 3 nitrogen and oxygen atoms in total. The molecule has 3 rings (SSSR count). The molecule has 1 heterocycles. The molecule has 0 saturated carbocycles. The molecule has 0 aliphatic rings. The molecule has 92 valence electrons. The van der Waals surface area contributed by atoms with Crippen LogP contribution in [0.3, 0.4) is 0 Å². The standard InChI is InChI=1S/C12H7BrO3S2/c13-7-1-3-11-9(5-7)10-6-8(18(14,15)16)2-4-12(10)17-11/h1-6H,(H,14,15,16). The Kier molecular flexibility index (Phi) is 2.71. The predicted molar refractivity (Wildman–Crippen MR) is 76.8 cm³/mol. The van der Waals surface area contributed by atoms with E-state index in [1.165, 1.54) is 12.1 Å². The number of hydrogen-bond donors (Lipinski definition) is 1. The van der Waals surface area contributed by atoms with Gasteiger partial charge in [0, 0.05) is 24.6 Å². The van der Waals surface area contributed by atoms with Crippen molar-refractivity contribution < 1.29 is 13.0 Å². The van der Waals surface area contributed by atoms with Crippen LogP contribution in [-0.2, 0) is 10.1 Å². The maximum atomic E-state index is 11.2. The van der Waals surface area contributed by atoms with Crippen molar-refractivity contribution in [3.05, 3.63) is 40.9 Å². The lowest BCUT2D eigenvalue weighted by molar-refractivity contribution is 0.483. The zero-order valence-electron chi connectivity index (χ0n) is 8.92. The summed E-state index contributed by atoms with van der Waals surface area (Å²) in [5.41, 5.74) is 0. The molecule has 0 bridgehead atoms. The zero-order chi connectivity index (χ0) is 12.9. The van der Waals surface area contributed by atoms with E-state index < -0.39 is 10.1 Å². The fourth-order valence-corrected chi connectivity index (χ4v) is 3.82. The largest absolute Gasteiger partial charge is 0.294 e. The fraction of sp³-hybridized carbons (Fsp3) is 0. The summed E-state index contributed by atoms with van der Waals surface area (Å²) in [6.45, 7) is 0. The Morgan fingerprint density at radius 2 is 1.61 bits per heavy atom. The van der Waals surface area contributed by atoms with Crippen LogP contribution in [0.25, 0.3) is 20.2 Å². The molecule has 6 heteroatoms. The summed E-state index contributed by atoms with van der Waals surface area (Å²) < 4.78 is 34.4. The molecule has 0 atom stereocenters. The quantitative estimate of drug-likeness (QED) is 0.678. The first-order chi connectivity index (χ1) is 8.45. The van der Waals surface area contributed by atoms with Crippen LogP contribution in [0.15, 0.2) is 45.8 Å². The highest BCUT2D eigenvalue weighted by Crippen LogP contribution is 2.36. The van der Waals surface area contributed by atoms with Crippen LogP contribution in [0.2, 0.25) is 0 Å². The number of thiophene rings is 1. The van der Waals surface area contributed by atoms with Crippen LogP contribution in [0.5, 0.6) is 0 Å². The molecular weight excluding hydrogens is 336 g/mol. The van der Waals surface area contributed by atoms with Crippen molar-refractivity contribution in [1.82, 2.24) is 0 Å². The first-order valence-electron chi connectivity index (χ1n) is 5.04. The smallest absolute Gasteiger partial charge is 0.282 e. The molecule has 0 radical (unpaired) electrons. The normalized spacial score (nSPS) is 12.3. The molecule has 1 aromatic heterocycles. The van der Waals surface area contributed by atoms with E-state index in [0.29, 0.717) is 0 Å². The molecule has 3 aromatic rings. The SMILES string of the molecule is O=S(=O)(O)c1ccc2sc3ccc(Br)cc3c2c1. The van der Waals surface area contributed by atoms with Crippen molar-refractivity contribution in [2.75, 3.05) is 0 Å². The van der Waals surface area contributed by atoms with Crippen LogP contribution in [0.4, 0.5) is 0 Å². The van der Waals surface area contributed by atoms with Crippen molar-refractivity contribution >= 4 is 57.6 Å². The molecule has 0 saturated heterocycles. The van der Waals surface area contributed by atoms with E-state index in [2.05, 4.69) is 15.9 Å². The van der Waals surface area contributed by atoms with E-state index in [9.17, 15) is 8.42 Å². The first kappa shape index (κ1) is 12.1. The van der Waals surface area contributed by atoms with Gasteiger partial charge in [0.2, 0.25) is 0 Å². The Balaban J connectivity index is 2.45. The lowest BCUT2D eigenvalue weighted by Crippen LogP contribution is -1.96. The summed E-state index contributed by atoms with van der Waals surface area (Å²) in [4.78, 5) is -0.0744. The lowest BCUT2D eigenvalue weighted by atomic mass is 10.1. The van der Waals surface area contributed by atoms with Gasteiger partial charge in [-0.25, -0.2) is 0 Å². The van der Waals surface area contributed by atoms with Gasteiger partial charge in [0.1, 0.15) is 0 Å². The van der Waals surface area contributed by atoms with Crippen LogP contribution < -0.4 is 0 Å². The minimum absolute atomic E-state index is 0.0744. The van der Waals surface area contributed by atoms with Gasteiger partial charge in [0.15, 0.2) is 0 Å². The molecule has 0 unspecified atom stereocenters. The second-order valence-electron chi connectivity index (χ2n) is 3.88. The van der Waals surface area contributed by atoms with Gasteiger partial charge in [0.25, 0.3) is 10.1 Å². The Bertz CT molecular complexity index is 866. The van der Waals surface area contributed by atoms with Crippen molar-refractivity contribution in [2.45, 2.75) is 4.90 Å². The third-order valence-electron chi connectivity index (χ3n) is 2.70. The maximum Gasteiger partial charge on any atom is 0.294 e. The molecule has 0 spiro atoms. The van der Waals surface area contributed by atoms with Crippen molar-refractivity contribution in [3.63, 3.8) is 0 Å². The lowest BCUT2D eigenvalue weighted by Gasteiger charge is -1.97. The highest BCUT2D eigenvalue weighted by Gasteiger charge is 2.12. The minimum Gasteiger partial charge on any atom is -0.282 e. The van der Waals surface area contributed by atoms with Crippen molar-refractivity contribution in [1.29, 1.82) is 0 Å². The number of hydrogen-bond acceptors (Lipinski definition) is 3.